The van der Waals surface area contributed by atoms with E-state index in [1.165, 1.54) is 0 Å². The van der Waals surface area contributed by atoms with E-state index in [9.17, 15) is 9.59 Å². The fourth-order valence-corrected chi connectivity index (χ4v) is 2.83. The van der Waals surface area contributed by atoms with Crippen molar-refractivity contribution in [3.05, 3.63) is 40.4 Å². The Morgan fingerprint density at radius 1 is 1.50 bits per heavy atom. The zero-order chi connectivity index (χ0) is 16.9. The first-order valence-electron chi connectivity index (χ1n) is 8.10. The van der Waals surface area contributed by atoms with Crippen LogP contribution in [0.5, 0.6) is 0 Å². The summed E-state index contributed by atoms with van der Waals surface area (Å²) in [5, 5.41) is 3.40. The maximum absolute atomic E-state index is 11.9. The number of aromatic amines is 1. The first-order chi connectivity index (χ1) is 11.6. The van der Waals surface area contributed by atoms with Gasteiger partial charge in [0, 0.05) is 6.61 Å². The lowest BCUT2D eigenvalue weighted by Gasteiger charge is -2.19. The largest absolute Gasteiger partial charge is 0.376 e. The van der Waals surface area contributed by atoms with Gasteiger partial charge in [-0.25, -0.2) is 4.98 Å². The van der Waals surface area contributed by atoms with Crippen LogP contribution >= 0.6 is 0 Å². The number of hydrogen-bond donors (Lipinski definition) is 2. The molecule has 0 saturated carbocycles. The van der Waals surface area contributed by atoms with E-state index in [4.69, 9.17) is 9.47 Å². The molecular weight excluding hydrogens is 310 g/mol. The molecule has 1 aliphatic rings. The molecule has 3 rings (SSSR count). The number of para-hydroxylation sites is 1. The van der Waals surface area contributed by atoms with Crippen LogP contribution in [0.2, 0.25) is 0 Å². The lowest BCUT2D eigenvalue weighted by Crippen LogP contribution is -2.42. The van der Waals surface area contributed by atoms with E-state index < -0.39 is 0 Å². The smallest absolute Gasteiger partial charge is 0.258 e. The van der Waals surface area contributed by atoms with Gasteiger partial charge in [-0.2, -0.15) is 0 Å². The number of fused-ring (bicyclic) bond motifs is 1. The molecule has 1 saturated heterocycles. The van der Waals surface area contributed by atoms with Gasteiger partial charge in [0.25, 0.3) is 5.56 Å². The molecule has 1 fully saturated rings. The molecule has 1 amide bonds. The average molecular weight is 331 g/mol. The Bertz CT molecular complexity index is 768. The molecule has 2 aromatic rings. The lowest BCUT2D eigenvalue weighted by atomic mass is 10.1. The number of carbonyl (C=O) groups is 1. The summed E-state index contributed by atoms with van der Waals surface area (Å²) in [5.41, 5.74) is 0.395. The van der Waals surface area contributed by atoms with Crippen LogP contribution in [0.1, 0.15) is 25.6 Å². The highest BCUT2D eigenvalue weighted by molar-refractivity contribution is 5.78. The maximum atomic E-state index is 11.9. The third kappa shape index (κ3) is 3.98. The Morgan fingerprint density at radius 2 is 2.33 bits per heavy atom. The maximum Gasteiger partial charge on any atom is 0.258 e. The van der Waals surface area contributed by atoms with Crippen molar-refractivity contribution in [3.63, 3.8) is 0 Å². The molecule has 0 aliphatic carbocycles. The standard InChI is InChI=1S/C17H21N3O4/c1-11(14-7-4-8-24-14)18-16(21)10-23-9-15-19-13-6-3-2-5-12(13)17(22)20-15/h2-3,5-6,11,14H,4,7-10H2,1H3,(H,18,21)(H,19,20,22)/t11-,14-/m1/s1. The number of nitrogens with one attached hydrogen (secondary N) is 2. The van der Waals surface area contributed by atoms with Gasteiger partial charge in [-0.1, -0.05) is 12.1 Å². The molecule has 1 aromatic heterocycles. The summed E-state index contributed by atoms with van der Waals surface area (Å²) in [6, 6.07) is 7.05. The van der Waals surface area contributed by atoms with E-state index in [0.717, 1.165) is 19.4 Å². The zero-order valence-corrected chi connectivity index (χ0v) is 13.6. The van der Waals surface area contributed by atoms with Gasteiger partial charge in [0.1, 0.15) is 19.0 Å². The second-order valence-electron chi connectivity index (χ2n) is 5.93. The minimum atomic E-state index is -0.212. The highest BCUT2D eigenvalue weighted by atomic mass is 16.5. The van der Waals surface area contributed by atoms with Crippen LogP contribution in [-0.2, 0) is 20.9 Å². The third-order valence-electron chi connectivity index (χ3n) is 4.05. The van der Waals surface area contributed by atoms with E-state index in [1.807, 2.05) is 13.0 Å². The van der Waals surface area contributed by atoms with Crippen molar-refractivity contribution in [1.82, 2.24) is 15.3 Å². The van der Waals surface area contributed by atoms with Gasteiger partial charge >= 0.3 is 0 Å². The molecule has 0 unspecified atom stereocenters. The SMILES string of the molecule is C[C@@H](NC(=O)COCc1nc2ccccc2c(=O)[nH]1)[C@H]1CCCO1. The molecule has 24 heavy (non-hydrogen) atoms. The van der Waals surface area contributed by atoms with Gasteiger partial charge in [-0.05, 0) is 31.9 Å². The highest BCUT2D eigenvalue weighted by Crippen LogP contribution is 2.15. The molecular formula is C17H21N3O4. The number of H-pyrrole nitrogens is 1. The van der Waals surface area contributed by atoms with Crippen LogP contribution in [0.3, 0.4) is 0 Å². The first kappa shape index (κ1) is 16.6. The summed E-state index contributed by atoms with van der Waals surface area (Å²) in [5.74, 6) is 0.194. The fourth-order valence-electron chi connectivity index (χ4n) is 2.83. The third-order valence-corrected chi connectivity index (χ3v) is 4.05. The van der Waals surface area contributed by atoms with E-state index in [2.05, 4.69) is 15.3 Å². The Morgan fingerprint density at radius 3 is 3.12 bits per heavy atom. The normalized spacial score (nSPS) is 18.6. The lowest BCUT2D eigenvalue weighted by molar-refractivity contribution is -0.127. The summed E-state index contributed by atoms with van der Waals surface area (Å²) >= 11 is 0. The molecule has 0 radical (unpaired) electrons. The molecule has 2 heterocycles. The Kier molecular flexibility index (Phi) is 5.22. The molecule has 0 spiro atoms. The quantitative estimate of drug-likeness (QED) is 0.827. The van der Waals surface area contributed by atoms with E-state index in [0.29, 0.717) is 16.7 Å². The predicted molar refractivity (Wildman–Crippen MR) is 88.6 cm³/mol. The zero-order valence-electron chi connectivity index (χ0n) is 13.6. The molecule has 2 N–H and O–H groups in total. The van der Waals surface area contributed by atoms with Gasteiger partial charge in [0.15, 0.2) is 0 Å². The summed E-state index contributed by atoms with van der Waals surface area (Å²) in [4.78, 5) is 30.8. The number of nitrogens with zero attached hydrogens (tertiary/aromatic N) is 1. The number of carbonyl (C=O) groups excluding carboxylic acids is 1. The van der Waals surface area contributed by atoms with Crippen molar-refractivity contribution >= 4 is 16.8 Å². The van der Waals surface area contributed by atoms with Gasteiger partial charge in [0.2, 0.25) is 5.91 Å². The summed E-state index contributed by atoms with van der Waals surface area (Å²) in [6.07, 6.45) is 2.07. The van der Waals surface area contributed by atoms with Crippen LogP contribution in [0.4, 0.5) is 0 Å². The van der Waals surface area contributed by atoms with Crippen LogP contribution in [0.25, 0.3) is 10.9 Å². The molecule has 1 aromatic carbocycles. The molecule has 7 nitrogen and oxygen atoms in total. The molecule has 7 heteroatoms. The van der Waals surface area contributed by atoms with Crippen LogP contribution < -0.4 is 10.9 Å². The minimum Gasteiger partial charge on any atom is -0.376 e. The number of hydrogen-bond acceptors (Lipinski definition) is 5. The molecule has 1 aliphatic heterocycles. The topological polar surface area (TPSA) is 93.3 Å². The van der Waals surface area contributed by atoms with Crippen molar-refractivity contribution in [2.75, 3.05) is 13.2 Å². The minimum absolute atomic E-state index is 0.0396. The van der Waals surface area contributed by atoms with Crippen molar-refractivity contribution < 1.29 is 14.3 Å². The first-order valence-corrected chi connectivity index (χ1v) is 8.10. The van der Waals surface area contributed by atoms with Gasteiger partial charge in [-0.3, -0.25) is 9.59 Å². The van der Waals surface area contributed by atoms with Gasteiger partial charge in [0.05, 0.1) is 23.0 Å². The highest BCUT2D eigenvalue weighted by Gasteiger charge is 2.23. The Labute approximate surface area is 139 Å². The van der Waals surface area contributed by atoms with Crippen LogP contribution in [-0.4, -0.2) is 41.2 Å². The number of amides is 1. The van der Waals surface area contributed by atoms with Crippen molar-refractivity contribution in [2.24, 2.45) is 0 Å². The van der Waals surface area contributed by atoms with Crippen molar-refractivity contribution in [1.29, 1.82) is 0 Å². The number of rotatable bonds is 6. The van der Waals surface area contributed by atoms with Gasteiger partial charge in [-0.15, -0.1) is 0 Å². The summed E-state index contributed by atoms with van der Waals surface area (Å²) in [7, 11) is 0. The van der Waals surface area contributed by atoms with E-state index >= 15 is 0 Å². The summed E-state index contributed by atoms with van der Waals surface area (Å²) in [6.45, 7) is 2.66. The molecule has 2 atom stereocenters. The Balaban J connectivity index is 1.51. The number of benzene rings is 1. The van der Waals surface area contributed by atoms with Gasteiger partial charge < -0.3 is 19.8 Å². The predicted octanol–water partition coefficient (Wildman–Crippen LogP) is 1.12. The van der Waals surface area contributed by atoms with E-state index in [1.54, 1.807) is 18.2 Å². The molecule has 0 bridgehead atoms. The number of ether oxygens (including phenoxy) is 2. The van der Waals surface area contributed by atoms with Crippen LogP contribution in [0.15, 0.2) is 29.1 Å². The fraction of sp³-hybridized carbons (Fsp3) is 0.471. The second-order valence-corrected chi connectivity index (χ2v) is 5.93. The van der Waals surface area contributed by atoms with Crippen molar-refractivity contribution in [2.45, 2.75) is 38.5 Å². The Hall–Kier alpha value is -2.25. The second kappa shape index (κ2) is 7.55. The summed E-state index contributed by atoms with van der Waals surface area (Å²) < 4.78 is 10.9. The van der Waals surface area contributed by atoms with Crippen LogP contribution in [0, 0.1) is 0 Å². The van der Waals surface area contributed by atoms with Crippen molar-refractivity contribution in [3.8, 4) is 0 Å². The van der Waals surface area contributed by atoms with E-state index in [-0.39, 0.29) is 36.8 Å². The monoisotopic (exact) mass is 331 g/mol. The number of aromatic nitrogens is 2. The average Bonchev–Trinajstić information content (AvgIpc) is 3.09. The molecule has 128 valence electrons.